The van der Waals surface area contributed by atoms with Crippen LogP contribution in [0.15, 0.2) is 48.7 Å². The molecule has 2 N–H and O–H groups in total. The number of rotatable bonds is 9. The molecule has 0 radical (unpaired) electrons. The summed E-state index contributed by atoms with van der Waals surface area (Å²) in [6.07, 6.45) is -2.46. The van der Waals surface area contributed by atoms with E-state index in [1.165, 1.54) is 4.57 Å². The third kappa shape index (κ3) is 7.03. The molecule has 1 aliphatic rings. The number of aromatic nitrogens is 3. The van der Waals surface area contributed by atoms with E-state index in [-0.39, 0.29) is 17.1 Å². The molecule has 0 aliphatic carbocycles. The van der Waals surface area contributed by atoms with Crippen LogP contribution in [0.1, 0.15) is 21.9 Å². The fraction of sp³-hybridized carbons (Fsp3) is 0.321. The number of hydrogen-bond acceptors (Lipinski definition) is 9. The molecule has 2 aromatic heterocycles. The Morgan fingerprint density at radius 1 is 1.11 bits per heavy atom. The number of morpholine rings is 1. The molecule has 16 heteroatoms. The zero-order valence-electron chi connectivity index (χ0n) is 23.9. The average molecular weight is 635 g/mol. The number of aryl methyl sites for hydroxylation is 1. The molecular formula is C28H29F3N6O6S. The van der Waals surface area contributed by atoms with E-state index in [1.54, 1.807) is 43.6 Å². The van der Waals surface area contributed by atoms with Gasteiger partial charge in [0.1, 0.15) is 11.5 Å². The van der Waals surface area contributed by atoms with Crippen LogP contribution in [-0.4, -0.2) is 73.4 Å². The average Bonchev–Trinajstić information content (AvgIpc) is 3.29. The molecule has 2 aromatic carbocycles. The van der Waals surface area contributed by atoms with Gasteiger partial charge >= 0.3 is 6.18 Å². The predicted octanol–water partition coefficient (Wildman–Crippen LogP) is 4.24. The Kier molecular flexibility index (Phi) is 8.67. The van der Waals surface area contributed by atoms with Crippen LogP contribution >= 0.6 is 0 Å². The van der Waals surface area contributed by atoms with E-state index in [1.807, 2.05) is 4.72 Å². The molecule has 0 saturated carbocycles. The number of methoxy groups -OCH3 is 1. The summed E-state index contributed by atoms with van der Waals surface area (Å²) in [5.74, 6) is 0.186. The predicted molar refractivity (Wildman–Crippen MR) is 156 cm³/mol. The third-order valence-corrected chi connectivity index (χ3v) is 7.37. The molecule has 12 nitrogen and oxygen atoms in total. The fourth-order valence-corrected chi connectivity index (χ4v) is 5.38. The molecule has 234 valence electrons. The van der Waals surface area contributed by atoms with Crippen molar-refractivity contribution in [1.82, 2.24) is 19.4 Å². The monoisotopic (exact) mass is 634 g/mol. The van der Waals surface area contributed by atoms with Crippen molar-refractivity contribution < 1.29 is 40.6 Å². The highest BCUT2D eigenvalue weighted by Gasteiger charge is 2.33. The SMILES string of the molecule is COc1c(NC(=O)c2cc3cccc(Oc4ccnc(CN5CCOCC5)n4)c3n2C)cc(C(F)(F)F)cc1NS(C)(=O)=O. The second kappa shape index (κ2) is 12.3. The van der Waals surface area contributed by atoms with E-state index < -0.39 is 33.4 Å². The zero-order chi connectivity index (χ0) is 31.6. The number of carbonyl (C=O) groups is 1. The molecule has 0 spiro atoms. The maximum absolute atomic E-state index is 13.7. The second-order valence-corrected chi connectivity index (χ2v) is 11.8. The Balaban J connectivity index is 1.45. The summed E-state index contributed by atoms with van der Waals surface area (Å²) in [7, 11) is -1.23. The minimum absolute atomic E-state index is 0.0869. The Morgan fingerprint density at radius 2 is 1.84 bits per heavy atom. The number of halogens is 3. The van der Waals surface area contributed by atoms with Gasteiger partial charge in [0.2, 0.25) is 15.9 Å². The van der Waals surface area contributed by atoms with E-state index in [0.717, 1.165) is 26.5 Å². The Hall–Kier alpha value is -4.41. The van der Waals surface area contributed by atoms with Crippen LogP contribution in [-0.2, 0) is 34.5 Å². The molecule has 0 unspecified atom stereocenters. The summed E-state index contributed by atoms with van der Waals surface area (Å²) in [5, 5.41) is 3.06. The number of fused-ring (bicyclic) bond motifs is 1. The highest BCUT2D eigenvalue weighted by atomic mass is 32.2. The van der Waals surface area contributed by atoms with Crippen LogP contribution in [0.3, 0.4) is 0 Å². The molecule has 3 heterocycles. The molecular weight excluding hydrogens is 605 g/mol. The van der Waals surface area contributed by atoms with Crippen molar-refractivity contribution in [2.24, 2.45) is 7.05 Å². The standard InChI is InChI=1S/C28H29F3N6O6S/c1-36-21(27(38)33-19-14-18(28(29,30)31)15-20(26(19)41-2)35-44(3,39)40)13-17-5-4-6-22(25(17)36)43-24-7-8-32-23(34-24)16-37-9-11-42-12-10-37/h4-8,13-15,35H,9-12,16H2,1-3H3,(H,33,38). The summed E-state index contributed by atoms with van der Waals surface area (Å²) < 4.78 is 85.0. The highest BCUT2D eigenvalue weighted by molar-refractivity contribution is 7.92. The number of para-hydroxylation sites is 1. The first-order valence-electron chi connectivity index (χ1n) is 13.3. The van der Waals surface area contributed by atoms with Crippen molar-refractivity contribution in [2.75, 3.05) is 49.7 Å². The molecule has 1 saturated heterocycles. The molecule has 44 heavy (non-hydrogen) atoms. The lowest BCUT2D eigenvalue weighted by atomic mass is 10.1. The highest BCUT2D eigenvalue weighted by Crippen LogP contribution is 2.41. The number of ether oxygens (including phenoxy) is 3. The summed E-state index contributed by atoms with van der Waals surface area (Å²) in [6, 6.07) is 9.61. The van der Waals surface area contributed by atoms with Gasteiger partial charge in [0, 0.05) is 37.8 Å². The normalized spacial score (nSPS) is 14.4. The lowest BCUT2D eigenvalue weighted by Gasteiger charge is -2.25. The minimum atomic E-state index is -4.84. The number of sulfonamides is 1. The number of nitrogens with zero attached hydrogens (tertiary/aromatic N) is 4. The van der Waals surface area contributed by atoms with Gasteiger partial charge in [-0.2, -0.15) is 18.2 Å². The summed E-state index contributed by atoms with van der Waals surface area (Å²) in [5.41, 5.74) is -1.43. The van der Waals surface area contributed by atoms with Gasteiger partial charge in [-0.3, -0.25) is 14.4 Å². The van der Waals surface area contributed by atoms with Gasteiger partial charge in [-0.15, -0.1) is 0 Å². The molecule has 0 bridgehead atoms. The number of alkyl halides is 3. The van der Waals surface area contributed by atoms with Crippen molar-refractivity contribution in [3.8, 4) is 17.4 Å². The van der Waals surface area contributed by atoms with Crippen molar-refractivity contribution in [3.63, 3.8) is 0 Å². The Morgan fingerprint density at radius 3 is 2.52 bits per heavy atom. The quantitative estimate of drug-likeness (QED) is 0.277. The van der Waals surface area contributed by atoms with Gasteiger partial charge in [-0.05, 0) is 24.3 Å². The number of hydrogen-bond donors (Lipinski definition) is 2. The largest absolute Gasteiger partial charge is 0.492 e. The van der Waals surface area contributed by atoms with Gasteiger partial charge < -0.3 is 24.1 Å². The van der Waals surface area contributed by atoms with Gasteiger partial charge in [-0.1, -0.05) is 12.1 Å². The van der Waals surface area contributed by atoms with E-state index >= 15 is 0 Å². The van der Waals surface area contributed by atoms with E-state index in [2.05, 4.69) is 20.2 Å². The summed E-state index contributed by atoms with van der Waals surface area (Å²) >= 11 is 0. The van der Waals surface area contributed by atoms with Crippen molar-refractivity contribution in [1.29, 1.82) is 0 Å². The lowest BCUT2D eigenvalue weighted by molar-refractivity contribution is -0.137. The van der Waals surface area contributed by atoms with Crippen molar-refractivity contribution in [2.45, 2.75) is 12.7 Å². The third-order valence-electron chi connectivity index (χ3n) is 6.78. The summed E-state index contributed by atoms with van der Waals surface area (Å²) in [6.45, 7) is 3.34. The van der Waals surface area contributed by atoms with Crippen molar-refractivity contribution in [3.05, 3.63) is 65.7 Å². The number of amides is 1. The van der Waals surface area contributed by atoms with Crippen LogP contribution in [0.5, 0.6) is 17.4 Å². The molecule has 1 fully saturated rings. The summed E-state index contributed by atoms with van der Waals surface area (Å²) in [4.78, 5) is 24.5. The van der Waals surface area contributed by atoms with Crippen molar-refractivity contribution >= 4 is 38.2 Å². The Bertz CT molecular complexity index is 1810. The molecule has 5 rings (SSSR count). The first-order valence-corrected chi connectivity index (χ1v) is 15.2. The first kappa shape index (κ1) is 31.0. The Labute approximate surface area is 250 Å². The zero-order valence-corrected chi connectivity index (χ0v) is 24.8. The second-order valence-electron chi connectivity index (χ2n) is 10.0. The van der Waals surface area contributed by atoms with E-state index in [0.29, 0.717) is 60.2 Å². The minimum Gasteiger partial charge on any atom is -0.492 e. The van der Waals surface area contributed by atoms with Gasteiger partial charge in [0.15, 0.2) is 11.5 Å². The van der Waals surface area contributed by atoms with E-state index in [9.17, 15) is 26.4 Å². The van der Waals surface area contributed by atoms with Crippen LogP contribution < -0.4 is 19.5 Å². The van der Waals surface area contributed by atoms with Gasteiger partial charge in [-0.25, -0.2) is 13.4 Å². The van der Waals surface area contributed by atoms with Crippen LogP contribution in [0.2, 0.25) is 0 Å². The number of anilines is 2. The van der Waals surface area contributed by atoms with Crippen LogP contribution in [0, 0.1) is 0 Å². The molecule has 1 amide bonds. The van der Waals surface area contributed by atoms with Crippen LogP contribution in [0.25, 0.3) is 10.9 Å². The number of carbonyl (C=O) groups excluding carboxylic acids is 1. The first-order chi connectivity index (χ1) is 20.8. The van der Waals surface area contributed by atoms with E-state index in [4.69, 9.17) is 14.2 Å². The molecule has 1 aliphatic heterocycles. The smallest absolute Gasteiger partial charge is 0.416 e. The fourth-order valence-electron chi connectivity index (χ4n) is 4.83. The van der Waals surface area contributed by atoms with Gasteiger partial charge in [0.05, 0.1) is 55.6 Å². The topological polar surface area (TPSA) is 137 Å². The number of nitrogens with one attached hydrogen (secondary N) is 2. The lowest BCUT2D eigenvalue weighted by Crippen LogP contribution is -2.36. The maximum Gasteiger partial charge on any atom is 0.416 e. The molecule has 0 atom stereocenters. The van der Waals surface area contributed by atoms with Gasteiger partial charge in [0.25, 0.3) is 5.91 Å². The maximum atomic E-state index is 13.7. The number of benzene rings is 2. The van der Waals surface area contributed by atoms with Crippen LogP contribution in [0.4, 0.5) is 24.5 Å². The molecule has 4 aromatic rings.